The summed E-state index contributed by atoms with van der Waals surface area (Å²) in [5, 5.41) is 4.37. The van der Waals surface area contributed by atoms with E-state index in [0.29, 0.717) is 11.9 Å². The molecule has 0 radical (unpaired) electrons. The third kappa shape index (κ3) is 2.34. The standard InChI is InChI=1S/C13H16ClN3/c1-3-10(2)17-12(6-8-16-17)13-11(9-14)5-4-7-15-13/h4-8,10H,3,9H2,1-2H3. The zero-order valence-corrected chi connectivity index (χ0v) is 10.9. The van der Waals surface area contributed by atoms with E-state index >= 15 is 0 Å². The summed E-state index contributed by atoms with van der Waals surface area (Å²) < 4.78 is 2.01. The lowest BCUT2D eigenvalue weighted by atomic mass is 10.1. The molecule has 0 saturated heterocycles. The van der Waals surface area contributed by atoms with Gasteiger partial charge in [-0.2, -0.15) is 5.10 Å². The van der Waals surface area contributed by atoms with Gasteiger partial charge >= 0.3 is 0 Å². The monoisotopic (exact) mass is 249 g/mol. The summed E-state index contributed by atoms with van der Waals surface area (Å²) in [5.74, 6) is 0.467. The smallest absolute Gasteiger partial charge is 0.0927 e. The van der Waals surface area contributed by atoms with Gasteiger partial charge in [0.1, 0.15) is 0 Å². The lowest BCUT2D eigenvalue weighted by Gasteiger charge is -2.14. The van der Waals surface area contributed by atoms with Crippen molar-refractivity contribution in [3.63, 3.8) is 0 Å². The van der Waals surface area contributed by atoms with Crippen LogP contribution < -0.4 is 0 Å². The fourth-order valence-electron chi connectivity index (χ4n) is 1.80. The van der Waals surface area contributed by atoms with Gasteiger partial charge in [-0.1, -0.05) is 13.0 Å². The summed E-state index contributed by atoms with van der Waals surface area (Å²) in [6.45, 7) is 4.30. The summed E-state index contributed by atoms with van der Waals surface area (Å²) in [6, 6.07) is 6.27. The van der Waals surface area contributed by atoms with E-state index in [2.05, 4.69) is 23.9 Å². The lowest BCUT2D eigenvalue weighted by molar-refractivity contribution is 0.482. The van der Waals surface area contributed by atoms with Crippen molar-refractivity contribution in [1.82, 2.24) is 14.8 Å². The van der Waals surface area contributed by atoms with Gasteiger partial charge < -0.3 is 0 Å². The van der Waals surface area contributed by atoms with Crippen LogP contribution in [0, 0.1) is 0 Å². The van der Waals surface area contributed by atoms with E-state index in [9.17, 15) is 0 Å². The first kappa shape index (κ1) is 12.1. The van der Waals surface area contributed by atoms with Crippen LogP contribution >= 0.6 is 11.6 Å². The van der Waals surface area contributed by atoms with E-state index in [4.69, 9.17) is 11.6 Å². The summed E-state index contributed by atoms with van der Waals surface area (Å²) in [6.07, 6.45) is 4.64. The molecule has 90 valence electrons. The van der Waals surface area contributed by atoms with E-state index in [1.807, 2.05) is 29.1 Å². The first-order chi connectivity index (χ1) is 8.27. The van der Waals surface area contributed by atoms with Crippen LogP contribution in [0.3, 0.4) is 0 Å². The Labute approximate surface area is 106 Å². The Hall–Kier alpha value is -1.35. The number of rotatable bonds is 4. The van der Waals surface area contributed by atoms with E-state index in [-0.39, 0.29) is 0 Å². The van der Waals surface area contributed by atoms with E-state index in [1.54, 1.807) is 6.20 Å². The molecule has 2 heterocycles. The Balaban J connectivity index is 2.49. The lowest BCUT2D eigenvalue weighted by Crippen LogP contribution is -2.08. The highest BCUT2D eigenvalue weighted by Gasteiger charge is 2.13. The second-order valence-corrected chi connectivity index (χ2v) is 4.33. The number of hydrogen-bond donors (Lipinski definition) is 0. The van der Waals surface area contributed by atoms with Crippen LogP contribution in [0.4, 0.5) is 0 Å². The molecule has 0 aromatic carbocycles. The average Bonchev–Trinajstić information content (AvgIpc) is 2.86. The summed E-state index contributed by atoms with van der Waals surface area (Å²) in [7, 11) is 0. The minimum absolute atomic E-state index is 0.366. The molecule has 3 nitrogen and oxygen atoms in total. The largest absolute Gasteiger partial charge is 0.261 e. The van der Waals surface area contributed by atoms with Crippen molar-refractivity contribution in [3.05, 3.63) is 36.2 Å². The van der Waals surface area contributed by atoms with Crippen molar-refractivity contribution < 1.29 is 0 Å². The fourth-order valence-corrected chi connectivity index (χ4v) is 2.02. The zero-order chi connectivity index (χ0) is 12.3. The Bertz CT molecular complexity index is 493. The van der Waals surface area contributed by atoms with Crippen molar-refractivity contribution in [3.8, 4) is 11.4 Å². The molecule has 0 aliphatic carbocycles. The van der Waals surface area contributed by atoms with Crippen LogP contribution in [-0.2, 0) is 5.88 Å². The van der Waals surface area contributed by atoms with Crippen molar-refractivity contribution in [1.29, 1.82) is 0 Å². The summed E-state index contributed by atoms with van der Waals surface area (Å²) in [5.41, 5.74) is 3.01. The molecule has 0 aliphatic heterocycles. The molecule has 2 aromatic rings. The van der Waals surface area contributed by atoms with Crippen LogP contribution in [0.2, 0.25) is 0 Å². The van der Waals surface area contributed by atoms with Crippen molar-refractivity contribution in [2.75, 3.05) is 0 Å². The molecule has 0 bridgehead atoms. The van der Waals surface area contributed by atoms with Crippen LogP contribution in [0.15, 0.2) is 30.6 Å². The van der Waals surface area contributed by atoms with Gasteiger partial charge in [0.15, 0.2) is 0 Å². The topological polar surface area (TPSA) is 30.7 Å². The maximum absolute atomic E-state index is 5.95. The number of aromatic nitrogens is 3. The van der Waals surface area contributed by atoms with Crippen molar-refractivity contribution in [2.45, 2.75) is 32.2 Å². The summed E-state index contributed by atoms with van der Waals surface area (Å²) in [4.78, 5) is 4.42. The molecular weight excluding hydrogens is 234 g/mol. The van der Waals surface area contributed by atoms with E-state index < -0.39 is 0 Å². The second-order valence-electron chi connectivity index (χ2n) is 4.06. The number of nitrogens with zero attached hydrogens (tertiary/aromatic N) is 3. The average molecular weight is 250 g/mol. The van der Waals surface area contributed by atoms with Gasteiger partial charge in [-0.05, 0) is 31.0 Å². The van der Waals surface area contributed by atoms with Crippen LogP contribution in [0.25, 0.3) is 11.4 Å². The third-order valence-corrected chi connectivity index (χ3v) is 3.24. The van der Waals surface area contributed by atoms with Gasteiger partial charge in [0.2, 0.25) is 0 Å². The van der Waals surface area contributed by atoms with Gasteiger partial charge in [0, 0.05) is 24.3 Å². The Kier molecular flexibility index (Phi) is 3.79. The first-order valence-corrected chi connectivity index (χ1v) is 6.35. The minimum atomic E-state index is 0.366. The Morgan fingerprint density at radius 1 is 1.35 bits per heavy atom. The quantitative estimate of drug-likeness (QED) is 0.775. The number of hydrogen-bond acceptors (Lipinski definition) is 2. The highest BCUT2D eigenvalue weighted by Crippen LogP contribution is 2.25. The van der Waals surface area contributed by atoms with Crippen LogP contribution in [-0.4, -0.2) is 14.8 Å². The normalized spacial score (nSPS) is 12.6. The highest BCUT2D eigenvalue weighted by atomic mass is 35.5. The SMILES string of the molecule is CCC(C)n1nccc1-c1ncccc1CCl. The molecule has 0 aliphatic rings. The molecular formula is C13H16ClN3. The molecule has 2 aromatic heterocycles. The van der Waals surface area contributed by atoms with Gasteiger partial charge in [0.25, 0.3) is 0 Å². The number of pyridine rings is 1. The molecule has 2 rings (SSSR count). The van der Waals surface area contributed by atoms with E-state index in [1.165, 1.54) is 0 Å². The van der Waals surface area contributed by atoms with Crippen molar-refractivity contribution in [2.24, 2.45) is 0 Å². The minimum Gasteiger partial charge on any atom is -0.261 e. The molecule has 4 heteroatoms. The third-order valence-electron chi connectivity index (χ3n) is 2.96. The van der Waals surface area contributed by atoms with Crippen LogP contribution in [0.1, 0.15) is 31.9 Å². The van der Waals surface area contributed by atoms with Gasteiger partial charge in [-0.15, -0.1) is 11.6 Å². The molecule has 0 saturated carbocycles. The van der Waals surface area contributed by atoms with Gasteiger partial charge in [-0.25, -0.2) is 0 Å². The second kappa shape index (κ2) is 5.32. The van der Waals surface area contributed by atoms with Gasteiger partial charge in [-0.3, -0.25) is 9.67 Å². The molecule has 0 N–H and O–H groups in total. The van der Waals surface area contributed by atoms with E-state index in [0.717, 1.165) is 23.4 Å². The Morgan fingerprint density at radius 3 is 2.88 bits per heavy atom. The molecule has 0 spiro atoms. The maximum atomic E-state index is 5.95. The Morgan fingerprint density at radius 2 is 2.18 bits per heavy atom. The molecule has 17 heavy (non-hydrogen) atoms. The maximum Gasteiger partial charge on any atom is 0.0927 e. The zero-order valence-electron chi connectivity index (χ0n) is 10.1. The first-order valence-electron chi connectivity index (χ1n) is 5.81. The molecule has 1 unspecified atom stereocenters. The highest BCUT2D eigenvalue weighted by molar-refractivity contribution is 6.17. The fraction of sp³-hybridized carbons (Fsp3) is 0.385. The molecule has 1 atom stereocenters. The predicted molar refractivity (Wildman–Crippen MR) is 70.0 cm³/mol. The van der Waals surface area contributed by atoms with Gasteiger partial charge in [0.05, 0.1) is 11.4 Å². The van der Waals surface area contributed by atoms with Crippen LogP contribution in [0.5, 0.6) is 0 Å². The molecule has 0 fully saturated rings. The predicted octanol–water partition coefficient (Wildman–Crippen LogP) is 3.65. The molecule has 0 amide bonds. The number of halogens is 1. The van der Waals surface area contributed by atoms with Crippen molar-refractivity contribution >= 4 is 11.6 Å². The number of alkyl halides is 1. The summed E-state index contributed by atoms with van der Waals surface area (Å²) >= 11 is 5.95.